The van der Waals surface area contributed by atoms with Crippen LogP contribution in [0.15, 0.2) is 4.99 Å². The van der Waals surface area contributed by atoms with Crippen LogP contribution < -0.4 is 5.32 Å². The van der Waals surface area contributed by atoms with Crippen LogP contribution in [0.5, 0.6) is 0 Å². The molecule has 11 heavy (non-hydrogen) atoms. The fourth-order valence-electron chi connectivity index (χ4n) is 1.03. The standard InChI is InChI=1S/C8H16N2O/c1-7(11-2)6-10-8-4-3-5-9-8/h7H,3-6H2,1-2H3,(H,9,10). The number of nitrogens with zero attached hydrogens (tertiary/aromatic N) is 1. The second kappa shape index (κ2) is 4.34. The molecule has 0 aliphatic carbocycles. The zero-order valence-corrected chi connectivity index (χ0v) is 7.26. The zero-order chi connectivity index (χ0) is 8.10. The molecule has 0 radical (unpaired) electrons. The lowest BCUT2D eigenvalue weighted by Crippen LogP contribution is -2.30. The Kier molecular flexibility index (Phi) is 3.36. The molecule has 0 saturated carbocycles. The van der Waals surface area contributed by atoms with Crippen molar-refractivity contribution in [3.8, 4) is 0 Å². The first kappa shape index (κ1) is 8.53. The van der Waals surface area contributed by atoms with Gasteiger partial charge in [0.25, 0.3) is 0 Å². The van der Waals surface area contributed by atoms with Crippen molar-refractivity contribution in [2.24, 2.45) is 4.99 Å². The minimum atomic E-state index is 0.276. The molecule has 1 N–H and O–H groups in total. The summed E-state index contributed by atoms with van der Waals surface area (Å²) in [5, 5.41) is 3.26. The number of hydrogen-bond donors (Lipinski definition) is 1. The molecule has 0 bridgehead atoms. The van der Waals surface area contributed by atoms with Gasteiger partial charge in [-0.05, 0) is 13.3 Å². The Morgan fingerprint density at radius 3 is 3.09 bits per heavy atom. The Morgan fingerprint density at radius 2 is 2.55 bits per heavy atom. The Labute approximate surface area is 67.8 Å². The van der Waals surface area contributed by atoms with E-state index in [1.165, 1.54) is 6.42 Å². The van der Waals surface area contributed by atoms with E-state index >= 15 is 0 Å². The maximum absolute atomic E-state index is 5.09. The second-order valence-electron chi connectivity index (χ2n) is 2.86. The monoisotopic (exact) mass is 156 g/mol. The predicted molar refractivity (Wildman–Crippen MR) is 46.0 cm³/mol. The molecule has 1 rings (SSSR count). The lowest BCUT2D eigenvalue weighted by molar-refractivity contribution is 0.121. The molecule has 0 aromatic heterocycles. The van der Waals surface area contributed by atoms with Crippen molar-refractivity contribution < 1.29 is 4.74 Å². The highest BCUT2D eigenvalue weighted by Gasteiger charge is 2.06. The van der Waals surface area contributed by atoms with Gasteiger partial charge in [-0.25, -0.2) is 0 Å². The number of amidine groups is 1. The Hall–Kier alpha value is -0.570. The van der Waals surface area contributed by atoms with Crippen LogP contribution in [-0.4, -0.2) is 32.1 Å². The SMILES string of the molecule is COC(C)CNC1=NCCC1. The molecule has 0 aromatic carbocycles. The minimum Gasteiger partial charge on any atom is -0.380 e. The molecule has 0 saturated heterocycles. The average Bonchev–Trinajstić information content (AvgIpc) is 2.52. The zero-order valence-electron chi connectivity index (χ0n) is 7.26. The van der Waals surface area contributed by atoms with Gasteiger partial charge in [-0.1, -0.05) is 0 Å². The highest BCUT2D eigenvalue weighted by atomic mass is 16.5. The fraction of sp³-hybridized carbons (Fsp3) is 0.875. The molecule has 0 fully saturated rings. The smallest absolute Gasteiger partial charge is 0.0964 e. The largest absolute Gasteiger partial charge is 0.380 e. The minimum absolute atomic E-state index is 0.276. The van der Waals surface area contributed by atoms with E-state index in [9.17, 15) is 0 Å². The van der Waals surface area contributed by atoms with Crippen LogP contribution in [0.4, 0.5) is 0 Å². The quantitative estimate of drug-likeness (QED) is 0.656. The van der Waals surface area contributed by atoms with Gasteiger partial charge in [-0.15, -0.1) is 0 Å². The van der Waals surface area contributed by atoms with E-state index in [0.717, 1.165) is 25.3 Å². The molecular formula is C8H16N2O. The van der Waals surface area contributed by atoms with Crippen LogP contribution >= 0.6 is 0 Å². The van der Waals surface area contributed by atoms with Crippen molar-refractivity contribution in [3.05, 3.63) is 0 Å². The van der Waals surface area contributed by atoms with Crippen LogP contribution in [0.3, 0.4) is 0 Å². The number of aliphatic imine (C=N–C) groups is 1. The summed E-state index contributed by atoms with van der Waals surface area (Å²) in [6.07, 6.45) is 2.58. The summed E-state index contributed by atoms with van der Waals surface area (Å²) in [6, 6.07) is 0. The van der Waals surface area contributed by atoms with Crippen LogP contribution in [0.25, 0.3) is 0 Å². The second-order valence-corrected chi connectivity index (χ2v) is 2.86. The molecule has 0 aromatic rings. The topological polar surface area (TPSA) is 33.6 Å². The molecule has 1 aliphatic heterocycles. The van der Waals surface area contributed by atoms with E-state index in [4.69, 9.17) is 4.74 Å². The third kappa shape index (κ3) is 2.89. The molecule has 64 valence electrons. The molecule has 0 spiro atoms. The van der Waals surface area contributed by atoms with Crippen LogP contribution in [0.1, 0.15) is 19.8 Å². The van der Waals surface area contributed by atoms with E-state index in [1.807, 2.05) is 6.92 Å². The van der Waals surface area contributed by atoms with Crippen LogP contribution in [0.2, 0.25) is 0 Å². The molecule has 1 aliphatic rings. The lowest BCUT2D eigenvalue weighted by atomic mass is 10.3. The third-order valence-electron chi connectivity index (χ3n) is 1.87. The maximum atomic E-state index is 5.09. The van der Waals surface area contributed by atoms with Gasteiger partial charge < -0.3 is 10.1 Å². The van der Waals surface area contributed by atoms with E-state index in [2.05, 4.69) is 10.3 Å². The third-order valence-corrected chi connectivity index (χ3v) is 1.87. The van der Waals surface area contributed by atoms with Crippen molar-refractivity contribution in [2.45, 2.75) is 25.9 Å². The first-order valence-corrected chi connectivity index (χ1v) is 4.13. The first-order chi connectivity index (χ1) is 5.33. The normalized spacial score (nSPS) is 19.6. The Morgan fingerprint density at radius 1 is 1.73 bits per heavy atom. The summed E-state index contributed by atoms with van der Waals surface area (Å²) < 4.78 is 5.09. The number of rotatable bonds is 3. The summed E-state index contributed by atoms with van der Waals surface area (Å²) in [4.78, 5) is 4.29. The van der Waals surface area contributed by atoms with Gasteiger partial charge in [0.2, 0.25) is 0 Å². The summed E-state index contributed by atoms with van der Waals surface area (Å²) in [7, 11) is 1.73. The van der Waals surface area contributed by atoms with E-state index in [0.29, 0.717) is 0 Å². The highest BCUT2D eigenvalue weighted by molar-refractivity contribution is 5.83. The number of methoxy groups -OCH3 is 1. The van der Waals surface area contributed by atoms with Gasteiger partial charge in [0.15, 0.2) is 0 Å². The van der Waals surface area contributed by atoms with Gasteiger partial charge in [-0.3, -0.25) is 4.99 Å². The molecule has 1 unspecified atom stereocenters. The summed E-state index contributed by atoms with van der Waals surface area (Å²) in [5.41, 5.74) is 0. The van der Waals surface area contributed by atoms with Gasteiger partial charge in [0.05, 0.1) is 11.9 Å². The molecule has 1 atom stereocenters. The van der Waals surface area contributed by atoms with E-state index in [-0.39, 0.29) is 6.10 Å². The van der Waals surface area contributed by atoms with Crippen molar-refractivity contribution in [2.75, 3.05) is 20.2 Å². The summed E-state index contributed by atoms with van der Waals surface area (Å²) >= 11 is 0. The van der Waals surface area contributed by atoms with Crippen LogP contribution in [-0.2, 0) is 4.74 Å². The number of ether oxygens (including phenoxy) is 1. The fourth-order valence-corrected chi connectivity index (χ4v) is 1.03. The summed E-state index contributed by atoms with van der Waals surface area (Å²) in [5.74, 6) is 1.15. The number of hydrogen-bond acceptors (Lipinski definition) is 3. The average molecular weight is 156 g/mol. The lowest BCUT2D eigenvalue weighted by Gasteiger charge is -2.10. The number of nitrogens with one attached hydrogen (secondary N) is 1. The molecular weight excluding hydrogens is 140 g/mol. The molecule has 0 amide bonds. The van der Waals surface area contributed by atoms with Crippen LogP contribution in [0, 0.1) is 0 Å². The van der Waals surface area contributed by atoms with Crippen molar-refractivity contribution in [1.82, 2.24) is 5.32 Å². The van der Waals surface area contributed by atoms with Gasteiger partial charge in [-0.2, -0.15) is 0 Å². The van der Waals surface area contributed by atoms with Gasteiger partial charge >= 0.3 is 0 Å². The predicted octanol–water partition coefficient (Wildman–Crippen LogP) is 0.803. The Balaban J connectivity index is 2.11. The maximum Gasteiger partial charge on any atom is 0.0964 e. The molecule has 3 heteroatoms. The van der Waals surface area contributed by atoms with E-state index in [1.54, 1.807) is 7.11 Å². The molecule has 1 heterocycles. The van der Waals surface area contributed by atoms with Crippen molar-refractivity contribution >= 4 is 5.84 Å². The van der Waals surface area contributed by atoms with E-state index < -0.39 is 0 Å². The highest BCUT2D eigenvalue weighted by Crippen LogP contribution is 2.00. The summed E-state index contributed by atoms with van der Waals surface area (Å²) in [6.45, 7) is 3.90. The first-order valence-electron chi connectivity index (χ1n) is 4.13. The van der Waals surface area contributed by atoms with Crippen molar-refractivity contribution in [1.29, 1.82) is 0 Å². The van der Waals surface area contributed by atoms with Gasteiger partial charge in [0.1, 0.15) is 0 Å². The molecule has 3 nitrogen and oxygen atoms in total. The van der Waals surface area contributed by atoms with Gasteiger partial charge in [0, 0.05) is 26.6 Å². The Bertz CT molecular complexity index is 145. The van der Waals surface area contributed by atoms with Crippen molar-refractivity contribution in [3.63, 3.8) is 0 Å².